The number of hydrogen-bond donors (Lipinski definition) is 2. The molecule has 2 amide bonds. The highest BCUT2D eigenvalue weighted by Gasteiger charge is 2.27. The number of anilines is 1. The Labute approximate surface area is 282 Å². The van der Waals surface area contributed by atoms with Crippen molar-refractivity contribution in [2.45, 2.75) is 20.8 Å². The van der Waals surface area contributed by atoms with Gasteiger partial charge in [-0.25, -0.2) is 19.2 Å². The minimum atomic E-state index is -1.06. The lowest BCUT2D eigenvalue weighted by Crippen LogP contribution is -2.26. The van der Waals surface area contributed by atoms with E-state index in [1.807, 2.05) is 31.2 Å². The molecule has 0 aromatic heterocycles. The SMILES string of the molecule is C=C(C)C(=O)OCCOC(=O)c1cc(C(=O)OCCOC(=O)C(=C)C)c(C(=O)Nc2ccc(Oc3ccc(C)cc3)cc2)cc1C(=O)NC. The molecule has 0 saturated heterocycles. The van der Waals surface area contributed by atoms with E-state index in [1.165, 1.54) is 20.9 Å². The summed E-state index contributed by atoms with van der Waals surface area (Å²) < 4.78 is 26.1. The lowest BCUT2D eigenvalue weighted by molar-refractivity contribution is -0.140. The summed E-state index contributed by atoms with van der Waals surface area (Å²) in [4.78, 5) is 76.1. The van der Waals surface area contributed by atoms with Gasteiger partial charge in [-0.05, 0) is 69.3 Å². The van der Waals surface area contributed by atoms with Crippen LogP contribution in [0.1, 0.15) is 60.8 Å². The van der Waals surface area contributed by atoms with Crippen LogP contribution >= 0.6 is 0 Å². The minimum Gasteiger partial charge on any atom is -0.459 e. The summed E-state index contributed by atoms with van der Waals surface area (Å²) in [5, 5.41) is 5.04. The monoisotopic (exact) mass is 672 g/mol. The van der Waals surface area contributed by atoms with Gasteiger partial charge in [-0.3, -0.25) is 9.59 Å². The third-order valence-electron chi connectivity index (χ3n) is 6.48. The number of ether oxygens (including phenoxy) is 5. The summed E-state index contributed by atoms with van der Waals surface area (Å²) in [6.45, 7) is 10.4. The number of carbonyl (C=O) groups is 6. The van der Waals surface area contributed by atoms with Gasteiger partial charge in [-0.1, -0.05) is 30.9 Å². The quantitative estimate of drug-likeness (QED) is 0.0968. The number of nitrogens with one attached hydrogen (secondary N) is 2. The van der Waals surface area contributed by atoms with Crippen LogP contribution in [0.15, 0.2) is 85.0 Å². The number of esters is 4. The van der Waals surface area contributed by atoms with Crippen molar-refractivity contribution in [3.05, 3.63) is 113 Å². The van der Waals surface area contributed by atoms with E-state index in [-0.39, 0.29) is 47.7 Å². The molecule has 0 spiro atoms. The van der Waals surface area contributed by atoms with Gasteiger partial charge in [0.15, 0.2) is 0 Å². The van der Waals surface area contributed by atoms with E-state index in [9.17, 15) is 28.8 Å². The fourth-order valence-corrected chi connectivity index (χ4v) is 3.93. The number of amides is 2. The second kappa shape index (κ2) is 17.6. The van der Waals surface area contributed by atoms with Crippen LogP contribution in [0.4, 0.5) is 5.69 Å². The smallest absolute Gasteiger partial charge is 0.339 e. The van der Waals surface area contributed by atoms with E-state index in [2.05, 4.69) is 23.8 Å². The molecule has 2 N–H and O–H groups in total. The van der Waals surface area contributed by atoms with Gasteiger partial charge in [0.25, 0.3) is 11.8 Å². The predicted molar refractivity (Wildman–Crippen MR) is 178 cm³/mol. The number of benzene rings is 3. The first-order valence-corrected chi connectivity index (χ1v) is 14.9. The third kappa shape index (κ3) is 10.9. The highest BCUT2D eigenvalue weighted by molar-refractivity contribution is 6.15. The zero-order valence-electron chi connectivity index (χ0n) is 27.5. The Bertz CT molecular complexity index is 1760. The topological polar surface area (TPSA) is 173 Å². The molecule has 256 valence electrons. The molecule has 3 aromatic rings. The first-order chi connectivity index (χ1) is 23.3. The largest absolute Gasteiger partial charge is 0.459 e. The van der Waals surface area contributed by atoms with E-state index >= 15 is 0 Å². The van der Waals surface area contributed by atoms with Crippen molar-refractivity contribution in [1.82, 2.24) is 5.32 Å². The van der Waals surface area contributed by atoms with Gasteiger partial charge in [0.1, 0.15) is 37.9 Å². The number of carbonyl (C=O) groups excluding carboxylic acids is 6. The van der Waals surface area contributed by atoms with Crippen LogP contribution in [0.25, 0.3) is 0 Å². The molecular formula is C36H36N2O11. The zero-order chi connectivity index (χ0) is 36.1. The summed E-state index contributed by atoms with van der Waals surface area (Å²) in [7, 11) is 1.31. The van der Waals surface area contributed by atoms with E-state index in [0.717, 1.165) is 17.7 Å². The molecule has 0 aliphatic heterocycles. The molecule has 3 rings (SSSR count). The van der Waals surface area contributed by atoms with Crippen LogP contribution in [0.2, 0.25) is 0 Å². The Hall–Kier alpha value is -6.24. The Morgan fingerprint density at radius 2 is 1.00 bits per heavy atom. The summed E-state index contributed by atoms with van der Waals surface area (Å²) in [6, 6.07) is 15.9. The zero-order valence-corrected chi connectivity index (χ0v) is 27.5. The van der Waals surface area contributed by atoms with Crippen LogP contribution in [0.3, 0.4) is 0 Å². The molecule has 0 radical (unpaired) electrons. The Morgan fingerprint density at radius 1 is 0.592 bits per heavy atom. The first-order valence-electron chi connectivity index (χ1n) is 14.9. The molecule has 49 heavy (non-hydrogen) atoms. The molecular weight excluding hydrogens is 636 g/mol. The average Bonchev–Trinajstić information content (AvgIpc) is 3.08. The molecule has 13 heteroatoms. The van der Waals surface area contributed by atoms with Gasteiger partial charge in [0.05, 0.1) is 22.3 Å². The average molecular weight is 673 g/mol. The maximum Gasteiger partial charge on any atom is 0.339 e. The lowest BCUT2D eigenvalue weighted by Gasteiger charge is -2.16. The Kier molecular flexibility index (Phi) is 13.4. The van der Waals surface area contributed by atoms with E-state index in [4.69, 9.17) is 23.7 Å². The van der Waals surface area contributed by atoms with Crippen molar-refractivity contribution in [3.8, 4) is 11.5 Å². The second-order valence-electron chi connectivity index (χ2n) is 10.5. The summed E-state index contributed by atoms with van der Waals surface area (Å²) in [6.07, 6.45) is 0. The van der Waals surface area contributed by atoms with Gasteiger partial charge in [0.2, 0.25) is 0 Å². The molecule has 13 nitrogen and oxygen atoms in total. The number of hydrogen-bond acceptors (Lipinski definition) is 11. The summed E-state index contributed by atoms with van der Waals surface area (Å²) in [5.74, 6) is -3.96. The maximum absolute atomic E-state index is 13.6. The van der Waals surface area contributed by atoms with E-state index < -0.39 is 47.9 Å². The van der Waals surface area contributed by atoms with Gasteiger partial charge in [0, 0.05) is 23.9 Å². The van der Waals surface area contributed by atoms with Crippen LogP contribution in [0.5, 0.6) is 11.5 Å². The second-order valence-corrected chi connectivity index (χ2v) is 10.5. The molecule has 0 atom stereocenters. The lowest BCUT2D eigenvalue weighted by atomic mass is 9.96. The van der Waals surface area contributed by atoms with Gasteiger partial charge in [-0.15, -0.1) is 0 Å². The Morgan fingerprint density at radius 3 is 1.45 bits per heavy atom. The van der Waals surface area contributed by atoms with Crippen molar-refractivity contribution in [2.75, 3.05) is 38.8 Å². The van der Waals surface area contributed by atoms with Crippen LogP contribution in [-0.4, -0.2) is 69.2 Å². The molecule has 0 aliphatic rings. The summed E-state index contributed by atoms with van der Waals surface area (Å²) >= 11 is 0. The third-order valence-corrected chi connectivity index (χ3v) is 6.48. The first kappa shape index (κ1) is 37.2. The fraction of sp³-hybridized carbons (Fsp3) is 0.222. The van der Waals surface area contributed by atoms with Crippen LogP contribution < -0.4 is 15.4 Å². The molecule has 0 bridgehead atoms. The highest BCUT2D eigenvalue weighted by atomic mass is 16.6. The Balaban J connectivity index is 1.90. The number of aryl methyl sites for hydroxylation is 1. The molecule has 0 aliphatic carbocycles. The van der Waals surface area contributed by atoms with E-state index in [1.54, 1.807) is 24.3 Å². The predicted octanol–water partition coefficient (Wildman–Crippen LogP) is 4.95. The van der Waals surface area contributed by atoms with Crippen molar-refractivity contribution in [2.24, 2.45) is 0 Å². The van der Waals surface area contributed by atoms with Gasteiger partial charge in [-0.2, -0.15) is 0 Å². The van der Waals surface area contributed by atoms with E-state index in [0.29, 0.717) is 17.2 Å². The molecule has 0 fully saturated rings. The van der Waals surface area contributed by atoms with Crippen LogP contribution in [-0.2, 0) is 28.5 Å². The molecule has 0 heterocycles. The van der Waals surface area contributed by atoms with Crippen molar-refractivity contribution in [1.29, 1.82) is 0 Å². The molecule has 0 saturated carbocycles. The normalized spacial score (nSPS) is 10.2. The number of rotatable bonds is 15. The van der Waals surface area contributed by atoms with Gasteiger partial charge < -0.3 is 34.3 Å². The summed E-state index contributed by atoms with van der Waals surface area (Å²) in [5.41, 5.74) is 0.317. The van der Waals surface area contributed by atoms with Crippen molar-refractivity contribution < 1.29 is 52.5 Å². The minimum absolute atomic E-state index is 0.141. The maximum atomic E-state index is 13.6. The fourth-order valence-electron chi connectivity index (χ4n) is 3.93. The highest BCUT2D eigenvalue weighted by Crippen LogP contribution is 2.25. The molecule has 3 aromatic carbocycles. The van der Waals surface area contributed by atoms with Crippen molar-refractivity contribution >= 4 is 41.4 Å². The standard InChI is InChI=1S/C36H36N2O11/c1-21(2)33(41)45-15-17-47-35(43)29-20-30(36(44)48-18-16-46-34(42)22(3)4)28(19-27(29)31(39)37-6)32(40)38-24-9-13-26(14-10-24)49-25-11-7-23(5)8-12-25/h7-14,19-20H,1,3,15-18H2,2,4-6H3,(H,37,39)(H,38,40). The van der Waals surface area contributed by atoms with Crippen molar-refractivity contribution in [3.63, 3.8) is 0 Å². The van der Waals surface area contributed by atoms with Crippen LogP contribution in [0, 0.1) is 6.92 Å². The van der Waals surface area contributed by atoms with Gasteiger partial charge >= 0.3 is 23.9 Å². The molecule has 0 unspecified atom stereocenters.